The van der Waals surface area contributed by atoms with E-state index in [2.05, 4.69) is 5.32 Å². The third kappa shape index (κ3) is 1.56. The van der Waals surface area contributed by atoms with Gasteiger partial charge in [0, 0.05) is 31.3 Å². The van der Waals surface area contributed by atoms with Crippen LogP contribution in [0.1, 0.15) is 27.6 Å². The van der Waals surface area contributed by atoms with Crippen LogP contribution in [0, 0.1) is 0 Å². The fourth-order valence-corrected chi connectivity index (χ4v) is 2.05. The Kier molecular flexibility index (Phi) is 2.64. The van der Waals surface area contributed by atoms with Crippen LogP contribution in [-0.2, 0) is 0 Å². The largest absolute Gasteiger partial charge is 0.381 e. The Morgan fingerprint density at radius 2 is 2.25 bits per heavy atom. The molecule has 0 aliphatic carbocycles. The SMILES string of the molecule is CC(=O)c1ccc(C=O)c2c1NCCN2C. The Hall–Kier alpha value is -1.84. The van der Waals surface area contributed by atoms with Crippen molar-refractivity contribution in [1.29, 1.82) is 0 Å². The van der Waals surface area contributed by atoms with Gasteiger partial charge in [0.1, 0.15) is 0 Å². The van der Waals surface area contributed by atoms with E-state index in [-0.39, 0.29) is 5.78 Å². The summed E-state index contributed by atoms with van der Waals surface area (Å²) in [7, 11) is 1.93. The lowest BCUT2D eigenvalue weighted by Gasteiger charge is -2.31. The Bertz CT molecular complexity index is 455. The van der Waals surface area contributed by atoms with E-state index in [0.29, 0.717) is 11.1 Å². The van der Waals surface area contributed by atoms with Gasteiger partial charge >= 0.3 is 0 Å². The topological polar surface area (TPSA) is 49.4 Å². The van der Waals surface area contributed by atoms with Gasteiger partial charge in [-0.2, -0.15) is 0 Å². The number of hydrogen-bond acceptors (Lipinski definition) is 4. The number of ketones is 1. The Morgan fingerprint density at radius 3 is 2.88 bits per heavy atom. The number of benzene rings is 1. The van der Waals surface area contributed by atoms with Crippen molar-refractivity contribution in [3.05, 3.63) is 23.3 Å². The number of anilines is 2. The van der Waals surface area contributed by atoms with Crippen molar-refractivity contribution >= 4 is 23.4 Å². The van der Waals surface area contributed by atoms with Crippen molar-refractivity contribution in [1.82, 2.24) is 0 Å². The molecule has 1 aliphatic rings. The standard InChI is InChI=1S/C12H14N2O2/c1-8(16)10-4-3-9(7-15)12-11(10)13-5-6-14(12)2/h3-4,7,13H,5-6H2,1-2H3. The lowest BCUT2D eigenvalue weighted by Crippen LogP contribution is -2.32. The summed E-state index contributed by atoms with van der Waals surface area (Å²) in [6.45, 7) is 3.15. The van der Waals surface area contributed by atoms with Gasteiger partial charge in [0.15, 0.2) is 12.1 Å². The van der Waals surface area contributed by atoms with Crippen LogP contribution < -0.4 is 10.2 Å². The minimum absolute atomic E-state index is 0.0106. The number of carbonyl (C=O) groups is 2. The number of rotatable bonds is 2. The van der Waals surface area contributed by atoms with Crippen LogP contribution in [0.25, 0.3) is 0 Å². The second-order valence-electron chi connectivity index (χ2n) is 3.95. The predicted octanol–water partition coefficient (Wildman–Crippen LogP) is 1.56. The number of likely N-dealkylation sites (N-methyl/N-ethyl adjacent to an activating group) is 1. The van der Waals surface area contributed by atoms with Crippen LogP contribution in [-0.4, -0.2) is 32.2 Å². The number of carbonyl (C=O) groups excluding carboxylic acids is 2. The highest BCUT2D eigenvalue weighted by Gasteiger charge is 2.21. The van der Waals surface area contributed by atoms with Crippen LogP contribution in [0.5, 0.6) is 0 Å². The van der Waals surface area contributed by atoms with Gasteiger partial charge in [-0.05, 0) is 19.1 Å². The van der Waals surface area contributed by atoms with Crippen LogP contribution in [0.2, 0.25) is 0 Å². The molecule has 84 valence electrons. The molecule has 1 aliphatic heterocycles. The molecule has 1 heterocycles. The monoisotopic (exact) mass is 218 g/mol. The van der Waals surface area contributed by atoms with Gasteiger partial charge in [0.25, 0.3) is 0 Å². The van der Waals surface area contributed by atoms with Crippen molar-refractivity contribution in [2.45, 2.75) is 6.92 Å². The molecule has 0 aromatic heterocycles. The first-order chi connectivity index (χ1) is 7.65. The summed E-state index contributed by atoms with van der Waals surface area (Å²) in [5.41, 5.74) is 2.88. The van der Waals surface area contributed by atoms with E-state index in [1.807, 2.05) is 11.9 Å². The summed E-state index contributed by atoms with van der Waals surface area (Å²) in [5.74, 6) is 0.0106. The number of Topliss-reactive ketones (excluding diaryl/α,β-unsaturated/α-hetero) is 1. The highest BCUT2D eigenvalue weighted by atomic mass is 16.1. The zero-order valence-corrected chi connectivity index (χ0v) is 9.41. The maximum absolute atomic E-state index is 11.5. The summed E-state index contributed by atoms with van der Waals surface area (Å²) >= 11 is 0. The molecule has 0 saturated heterocycles. The maximum atomic E-state index is 11.5. The second kappa shape index (κ2) is 3.96. The normalized spacial score (nSPS) is 14.0. The van der Waals surface area contributed by atoms with Crippen LogP contribution >= 0.6 is 0 Å². The molecular formula is C12H14N2O2. The summed E-state index contributed by atoms with van der Waals surface area (Å²) in [4.78, 5) is 24.4. The van der Waals surface area contributed by atoms with Gasteiger partial charge in [-0.1, -0.05) is 0 Å². The highest BCUT2D eigenvalue weighted by Crippen LogP contribution is 2.34. The summed E-state index contributed by atoms with van der Waals surface area (Å²) < 4.78 is 0. The molecule has 2 rings (SSSR count). The lowest BCUT2D eigenvalue weighted by atomic mass is 10.0. The molecule has 1 aromatic carbocycles. The molecule has 0 bridgehead atoms. The first-order valence-electron chi connectivity index (χ1n) is 5.23. The molecule has 4 heteroatoms. The molecule has 4 nitrogen and oxygen atoms in total. The predicted molar refractivity (Wildman–Crippen MR) is 63.6 cm³/mol. The third-order valence-electron chi connectivity index (χ3n) is 2.85. The molecule has 0 spiro atoms. The van der Waals surface area contributed by atoms with Gasteiger partial charge in [0.2, 0.25) is 0 Å². The number of nitrogens with one attached hydrogen (secondary N) is 1. The zero-order chi connectivity index (χ0) is 11.7. The first-order valence-corrected chi connectivity index (χ1v) is 5.23. The summed E-state index contributed by atoms with van der Waals surface area (Å²) in [6, 6.07) is 3.41. The number of aldehydes is 1. The van der Waals surface area contributed by atoms with Crippen molar-refractivity contribution in [3.8, 4) is 0 Å². The van der Waals surface area contributed by atoms with Gasteiger partial charge < -0.3 is 10.2 Å². The smallest absolute Gasteiger partial charge is 0.161 e. The van der Waals surface area contributed by atoms with Crippen molar-refractivity contribution in [3.63, 3.8) is 0 Å². The fraction of sp³-hybridized carbons (Fsp3) is 0.333. The van der Waals surface area contributed by atoms with E-state index in [0.717, 1.165) is 30.8 Å². The maximum Gasteiger partial charge on any atom is 0.161 e. The minimum atomic E-state index is 0.0106. The van der Waals surface area contributed by atoms with Crippen molar-refractivity contribution in [2.24, 2.45) is 0 Å². The van der Waals surface area contributed by atoms with Gasteiger partial charge in [0.05, 0.1) is 11.4 Å². The van der Waals surface area contributed by atoms with E-state index in [9.17, 15) is 9.59 Å². The molecule has 16 heavy (non-hydrogen) atoms. The third-order valence-corrected chi connectivity index (χ3v) is 2.85. The average molecular weight is 218 g/mol. The molecule has 0 unspecified atom stereocenters. The molecule has 1 aromatic rings. The summed E-state index contributed by atoms with van der Waals surface area (Å²) in [5, 5.41) is 3.20. The van der Waals surface area contributed by atoms with Gasteiger partial charge in [-0.25, -0.2) is 0 Å². The van der Waals surface area contributed by atoms with Crippen molar-refractivity contribution < 1.29 is 9.59 Å². The number of hydrogen-bond donors (Lipinski definition) is 1. The van der Waals surface area contributed by atoms with E-state index in [1.54, 1.807) is 12.1 Å². The Balaban J connectivity index is 2.67. The highest BCUT2D eigenvalue weighted by molar-refractivity contribution is 6.06. The minimum Gasteiger partial charge on any atom is -0.381 e. The molecule has 0 amide bonds. The fourth-order valence-electron chi connectivity index (χ4n) is 2.05. The molecule has 0 radical (unpaired) electrons. The van der Waals surface area contributed by atoms with Crippen LogP contribution in [0.3, 0.4) is 0 Å². The molecular weight excluding hydrogens is 204 g/mol. The molecule has 0 fully saturated rings. The Labute approximate surface area is 94.2 Å². The first kappa shape index (κ1) is 10.7. The lowest BCUT2D eigenvalue weighted by molar-refractivity contribution is 0.101. The van der Waals surface area contributed by atoms with Gasteiger partial charge in [-0.15, -0.1) is 0 Å². The quantitative estimate of drug-likeness (QED) is 0.604. The number of fused-ring (bicyclic) bond motifs is 1. The zero-order valence-electron chi connectivity index (χ0n) is 9.41. The Morgan fingerprint density at radius 1 is 1.50 bits per heavy atom. The molecule has 1 N–H and O–H groups in total. The van der Waals surface area contributed by atoms with E-state index < -0.39 is 0 Å². The van der Waals surface area contributed by atoms with E-state index in [4.69, 9.17) is 0 Å². The number of nitrogens with zero attached hydrogens (tertiary/aromatic N) is 1. The van der Waals surface area contributed by atoms with Crippen LogP contribution in [0.15, 0.2) is 12.1 Å². The average Bonchev–Trinajstić information content (AvgIpc) is 2.27. The van der Waals surface area contributed by atoms with Crippen LogP contribution in [0.4, 0.5) is 11.4 Å². The van der Waals surface area contributed by atoms with Gasteiger partial charge in [-0.3, -0.25) is 9.59 Å². The van der Waals surface area contributed by atoms with E-state index in [1.165, 1.54) is 6.92 Å². The molecule has 0 atom stereocenters. The van der Waals surface area contributed by atoms with Crippen molar-refractivity contribution in [2.75, 3.05) is 30.4 Å². The second-order valence-corrected chi connectivity index (χ2v) is 3.95. The molecule has 0 saturated carbocycles. The summed E-state index contributed by atoms with van der Waals surface area (Å²) in [6.07, 6.45) is 0.826. The van der Waals surface area contributed by atoms with E-state index >= 15 is 0 Å².